The van der Waals surface area contributed by atoms with Gasteiger partial charge in [0.1, 0.15) is 122 Å². The van der Waals surface area contributed by atoms with E-state index in [1.54, 1.807) is 0 Å². The SMILES string of the molecule is CC(=O)NC1C(OCC2OC(OC3C(CO)OC(O)C(O)C3O)C(O)C(OC3OC(CO)C(O)C(O)C3O)C2O)OC(CO)C(OC2OC(CO)C(O)C(O)C2O)C1O. The number of rotatable bonds is 14. The van der Waals surface area contributed by atoms with Crippen molar-refractivity contribution < 1.29 is 129 Å². The van der Waals surface area contributed by atoms with Crippen LogP contribution < -0.4 is 5.32 Å². The molecule has 27 heteroatoms. The topological polar surface area (TPSA) is 436 Å². The van der Waals surface area contributed by atoms with E-state index in [1.807, 2.05) is 0 Å². The molecule has 1 amide bonds. The summed E-state index contributed by atoms with van der Waals surface area (Å²) in [7, 11) is 0. The summed E-state index contributed by atoms with van der Waals surface area (Å²) < 4.78 is 50.2. The second-order valence-electron chi connectivity index (χ2n) is 14.7. The first-order valence-corrected chi connectivity index (χ1v) is 18.6. The summed E-state index contributed by atoms with van der Waals surface area (Å²) in [6.07, 6.45) is -44.2. The number of hydrogen-bond donors (Lipinski definition) is 17. The Labute approximate surface area is 333 Å². The molecule has 0 radical (unpaired) electrons. The molecule has 5 heterocycles. The lowest BCUT2D eigenvalue weighted by Crippen LogP contribution is -2.68. The Morgan fingerprint density at radius 1 is 0.441 bits per heavy atom. The van der Waals surface area contributed by atoms with Crippen LogP contribution in [-0.2, 0) is 47.4 Å². The van der Waals surface area contributed by atoms with Crippen molar-refractivity contribution in [1.29, 1.82) is 0 Å². The third-order valence-electron chi connectivity index (χ3n) is 10.7. The van der Waals surface area contributed by atoms with Gasteiger partial charge in [-0.3, -0.25) is 4.79 Å². The average molecular weight is 870 g/mol. The maximum atomic E-state index is 12.3. The summed E-state index contributed by atoms with van der Waals surface area (Å²) in [5.74, 6) is -0.766. The van der Waals surface area contributed by atoms with Crippen molar-refractivity contribution in [3.8, 4) is 0 Å². The van der Waals surface area contributed by atoms with Crippen LogP contribution in [0.25, 0.3) is 0 Å². The molecular weight excluding hydrogens is 814 g/mol. The van der Waals surface area contributed by atoms with Gasteiger partial charge in [0.15, 0.2) is 31.5 Å². The Hall–Kier alpha value is -1.53. The molecule has 59 heavy (non-hydrogen) atoms. The highest BCUT2D eigenvalue weighted by atomic mass is 16.8. The Balaban J connectivity index is 1.38. The smallest absolute Gasteiger partial charge is 0.217 e. The van der Waals surface area contributed by atoms with Crippen LogP contribution in [0.4, 0.5) is 0 Å². The highest BCUT2D eigenvalue weighted by Gasteiger charge is 2.55. The molecule has 5 fully saturated rings. The zero-order valence-electron chi connectivity index (χ0n) is 31.2. The Bertz CT molecular complexity index is 1320. The van der Waals surface area contributed by atoms with Crippen LogP contribution in [0.2, 0.25) is 0 Å². The normalized spacial score (nSPS) is 51.0. The number of hydrogen-bond acceptors (Lipinski definition) is 26. The fourth-order valence-electron chi connectivity index (χ4n) is 7.33. The van der Waals surface area contributed by atoms with E-state index in [0.717, 1.165) is 6.92 Å². The van der Waals surface area contributed by atoms with Gasteiger partial charge in [0.2, 0.25) is 5.91 Å². The molecule has 5 aliphatic heterocycles. The van der Waals surface area contributed by atoms with Crippen LogP contribution in [0.3, 0.4) is 0 Å². The number of carbonyl (C=O) groups is 1. The van der Waals surface area contributed by atoms with Crippen molar-refractivity contribution in [2.24, 2.45) is 0 Å². The Morgan fingerprint density at radius 3 is 1.36 bits per heavy atom. The summed E-state index contributed by atoms with van der Waals surface area (Å²) >= 11 is 0. The number of amides is 1. The molecule has 344 valence electrons. The second-order valence-corrected chi connectivity index (χ2v) is 14.7. The van der Waals surface area contributed by atoms with Gasteiger partial charge in [-0.25, -0.2) is 0 Å². The average Bonchev–Trinajstić information content (AvgIpc) is 3.21. The largest absolute Gasteiger partial charge is 0.394 e. The molecule has 5 saturated heterocycles. The highest BCUT2D eigenvalue weighted by molar-refractivity contribution is 5.73. The van der Waals surface area contributed by atoms with E-state index < -0.39 is 192 Å². The molecular formula is C32H55NO26. The Morgan fingerprint density at radius 2 is 0.864 bits per heavy atom. The van der Waals surface area contributed by atoms with Crippen molar-refractivity contribution in [2.45, 2.75) is 160 Å². The standard InChI is InChI=1S/C32H55NO26/c1-7(38)33-13-17(42)25(57-30-22(47)18(43)14(39)8(2-34)53-30)11(5-37)55-29(13)51-6-12-16(41)27(59-31-23(48)19(44)15(40)9(3-35)54-31)24(49)32(56-12)58-26-10(4-36)52-28(50)21(46)20(26)45/h8-32,34-37,39-50H,2-6H2,1H3,(H,33,38). The first-order chi connectivity index (χ1) is 27.9. The van der Waals surface area contributed by atoms with E-state index in [-0.39, 0.29) is 0 Å². The number of nitrogens with one attached hydrogen (secondary N) is 1. The van der Waals surface area contributed by atoms with E-state index in [0.29, 0.717) is 0 Å². The third kappa shape index (κ3) is 10.3. The molecule has 0 saturated carbocycles. The van der Waals surface area contributed by atoms with Crippen LogP contribution in [0, 0.1) is 0 Å². The maximum absolute atomic E-state index is 12.3. The summed E-state index contributed by atoms with van der Waals surface area (Å²) in [6, 6.07) is -1.60. The molecule has 0 aromatic carbocycles. The maximum Gasteiger partial charge on any atom is 0.217 e. The van der Waals surface area contributed by atoms with Crippen LogP contribution in [0.1, 0.15) is 6.92 Å². The van der Waals surface area contributed by atoms with E-state index in [2.05, 4.69) is 5.32 Å². The molecule has 25 atom stereocenters. The third-order valence-corrected chi connectivity index (χ3v) is 10.7. The fourth-order valence-corrected chi connectivity index (χ4v) is 7.33. The zero-order chi connectivity index (χ0) is 43.6. The quantitative estimate of drug-likeness (QED) is 0.0770. The molecule has 17 N–H and O–H groups in total. The van der Waals surface area contributed by atoms with Crippen molar-refractivity contribution in [1.82, 2.24) is 5.32 Å². The predicted molar refractivity (Wildman–Crippen MR) is 178 cm³/mol. The van der Waals surface area contributed by atoms with E-state index >= 15 is 0 Å². The summed E-state index contributed by atoms with van der Waals surface area (Å²) in [6.45, 7) is -3.34. The first kappa shape index (κ1) is 48.5. The Kier molecular flexibility index (Phi) is 17.1. The fraction of sp³-hybridized carbons (Fsp3) is 0.969. The van der Waals surface area contributed by atoms with Crippen molar-refractivity contribution in [2.75, 3.05) is 33.0 Å². The van der Waals surface area contributed by atoms with Gasteiger partial charge in [0.25, 0.3) is 0 Å². The number of aliphatic hydroxyl groups is 16. The van der Waals surface area contributed by atoms with Gasteiger partial charge in [-0.05, 0) is 0 Å². The highest BCUT2D eigenvalue weighted by Crippen LogP contribution is 2.34. The van der Waals surface area contributed by atoms with Gasteiger partial charge in [0.05, 0.1) is 33.0 Å². The lowest BCUT2D eigenvalue weighted by molar-refractivity contribution is -0.383. The minimum atomic E-state index is -2.14. The summed E-state index contributed by atoms with van der Waals surface area (Å²) in [4.78, 5) is 12.3. The van der Waals surface area contributed by atoms with Crippen LogP contribution in [0.5, 0.6) is 0 Å². The molecule has 27 nitrogen and oxygen atoms in total. The van der Waals surface area contributed by atoms with Gasteiger partial charge >= 0.3 is 0 Å². The minimum absolute atomic E-state index is 0.766. The summed E-state index contributed by atoms with van der Waals surface area (Å²) in [5, 5.41) is 169. The van der Waals surface area contributed by atoms with E-state index in [4.69, 9.17) is 42.6 Å². The molecule has 0 aromatic rings. The number of ether oxygens (including phenoxy) is 9. The second kappa shape index (κ2) is 20.8. The van der Waals surface area contributed by atoms with E-state index in [9.17, 15) is 86.5 Å². The molecule has 5 aliphatic rings. The number of aliphatic hydroxyl groups excluding tert-OH is 16. The van der Waals surface area contributed by atoms with Crippen molar-refractivity contribution in [3.05, 3.63) is 0 Å². The molecule has 0 aliphatic carbocycles. The molecule has 25 unspecified atom stereocenters. The van der Waals surface area contributed by atoms with Crippen molar-refractivity contribution >= 4 is 5.91 Å². The van der Waals surface area contributed by atoms with Crippen LogP contribution in [-0.4, -0.2) is 274 Å². The lowest BCUT2D eigenvalue weighted by Gasteiger charge is -2.49. The lowest BCUT2D eigenvalue weighted by atomic mass is 9.95. The minimum Gasteiger partial charge on any atom is -0.394 e. The van der Waals surface area contributed by atoms with E-state index in [1.165, 1.54) is 0 Å². The van der Waals surface area contributed by atoms with Gasteiger partial charge in [-0.15, -0.1) is 0 Å². The monoisotopic (exact) mass is 869 g/mol. The molecule has 0 bridgehead atoms. The number of carbonyl (C=O) groups excluding carboxylic acids is 1. The molecule has 0 aromatic heterocycles. The van der Waals surface area contributed by atoms with Crippen molar-refractivity contribution in [3.63, 3.8) is 0 Å². The molecule has 0 spiro atoms. The molecule has 5 rings (SSSR count). The van der Waals surface area contributed by atoms with Gasteiger partial charge < -0.3 is 130 Å². The van der Waals surface area contributed by atoms with Crippen LogP contribution in [0.15, 0.2) is 0 Å². The van der Waals surface area contributed by atoms with Gasteiger partial charge in [0, 0.05) is 6.92 Å². The van der Waals surface area contributed by atoms with Crippen LogP contribution >= 0.6 is 0 Å². The first-order valence-electron chi connectivity index (χ1n) is 18.6. The predicted octanol–water partition coefficient (Wildman–Crippen LogP) is -11.8. The zero-order valence-corrected chi connectivity index (χ0v) is 31.2. The summed E-state index contributed by atoms with van der Waals surface area (Å²) in [5.41, 5.74) is 0. The van der Waals surface area contributed by atoms with Gasteiger partial charge in [-0.2, -0.15) is 0 Å². The van der Waals surface area contributed by atoms with Gasteiger partial charge in [-0.1, -0.05) is 0 Å².